The SMILES string of the molecule is CCC(CC)(CNCc1cccc(Cl)c1F)C(=O)O. The number of carboxylic acid groups (broad SMARTS) is 1. The van der Waals surface area contributed by atoms with Crippen LogP contribution in [-0.2, 0) is 11.3 Å². The molecule has 5 heteroatoms. The van der Waals surface area contributed by atoms with Crippen LogP contribution in [0.5, 0.6) is 0 Å². The van der Waals surface area contributed by atoms with Crippen LogP contribution in [0.25, 0.3) is 0 Å². The molecule has 0 unspecified atom stereocenters. The first-order chi connectivity index (χ1) is 8.96. The number of carbonyl (C=O) groups is 1. The fourth-order valence-corrected chi connectivity index (χ4v) is 2.19. The van der Waals surface area contributed by atoms with E-state index in [1.54, 1.807) is 12.1 Å². The zero-order valence-electron chi connectivity index (χ0n) is 11.2. The van der Waals surface area contributed by atoms with Crippen LogP contribution < -0.4 is 5.32 Å². The topological polar surface area (TPSA) is 49.3 Å². The minimum atomic E-state index is -0.823. The number of hydrogen-bond acceptors (Lipinski definition) is 2. The van der Waals surface area contributed by atoms with Gasteiger partial charge in [-0.3, -0.25) is 4.79 Å². The lowest BCUT2D eigenvalue weighted by Crippen LogP contribution is -2.40. The molecule has 106 valence electrons. The highest BCUT2D eigenvalue weighted by molar-refractivity contribution is 6.30. The highest BCUT2D eigenvalue weighted by Gasteiger charge is 2.34. The highest BCUT2D eigenvalue weighted by Crippen LogP contribution is 2.26. The van der Waals surface area contributed by atoms with E-state index in [0.29, 0.717) is 24.9 Å². The Bertz CT molecular complexity index is 447. The number of hydrogen-bond donors (Lipinski definition) is 2. The molecule has 19 heavy (non-hydrogen) atoms. The van der Waals surface area contributed by atoms with Gasteiger partial charge in [-0.2, -0.15) is 0 Å². The van der Waals surface area contributed by atoms with Crippen LogP contribution in [-0.4, -0.2) is 17.6 Å². The average molecular weight is 288 g/mol. The molecule has 0 amide bonds. The second-order valence-electron chi connectivity index (χ2n) is 4.61. The van der Waals surface area contributed by atoms with Gasteiger partial charge in [-0.15, -0.1) is 0 Å². The van der Waals surface area contributed by atoms with Crippen LogP contribution in [0.15, 0.2) is 18.2 Å². The predicted molar refractivity (Wildman–Crippen MR) is 73.8 cm³/mol. The first kappa shape index (κ1) is 15.9. The Labute approximate surface area is 117 Å². The molecule has 0 fully saturated rings. The first-order valence-electron chi connectivity index (χ1n) is 6.34. The summed E-state index contributed by atoms with van der Waals surface area (Å²) in [6.45, 7) is 4.27. The van der Waals surface area contributed by atoms with E-state index in [1.807, 2.05) is 13.8 Å². The lowest BCUT2D eigenvalue weighted by Gasteiger charge is -2.27. The van der Waals surface area contributed by atoms with Gasteiger partial charge < -0.3 is 10.4 Å². The van der Waals surface area contributed by atoms with Gasteiger partial charge in [0.1, 0.15) is 5.82 Å². The van der Waals surface area contributed by atoms with Gasteiger partial charge in [0.05, 0.1) is 10.4 Å². The maximum Gasteiger partial charge on any atom is 0.310 e. The zero-order chi connectivity index (χ0) is 14.5. The van der Waals surface area contributed by atoms with Crippen molar-refractivity contribution >= 4 is 17.6 Å². The van der Waals surface area contributed by atoms with E-state index >= 15 is 0 Å². The van der Waals surface area contributed by atoms with E-state index in [9.17, 15) is 14.3 Å². The number of nitrogens with one attached hydrogen (secondary N) is 1. The molecule has 0 heterocycles. The number of aliphatic carboxylic acids is 1. The van der Waals surface area contributed by atoms with Crippen molar-refractivity contribution in [3.8, 4) is 0 Å². The molecule has 0 spiro atoms. The summed E-state index contributed by atoms with van der Waals surface area (Å²) in [4.78, 5) is 11.3. The highest BCUT2D eigenvalue weighted by atomic mass is 35.5. The molecule has 0 aliphatic heterocycles. The number of carboxylic acids is 1. The van der Waals surface area contributed by atoms with Crippen molar-refractivity contribution in [3.63, 3.8) is 0 Å². The van der Waals surface area contributed by atoms with Crippen LogP contribution in [0, 0.1) is 11.2 Å². The van der Waals surface area contributed by atoms with Crippen molar-refractivity contribution in [1.29, 1.82) is 0 Å². The van der Waals surface area contributed by atoms with E-state index in [4.69, 9.17) is 11.6 Å². The largest absolute Gasteiger partial charge is 0.481 e. The third-order valence-corrected chi connectivity index (χ3v) is 3.91. The van der Waals surface area contributed by atoms with Gasteiger partial charge in [-0.05, 0) is 18.9 Å². The molecule has 0 radical (unpaired) electrons. The third-order valence-electron chi connectivity index (χ3n) is 3.62. The fourth-order valence-electron chi connectivity index (χ4n) is 2.00. The molecule has 1 aromatic rings. The molecule has 0 aliphatic rings. The van der Waals surface area contributed by atoms with Crippen LogP contribution in [0.1, 0.15) is 32.3 Å². The summed E-state index contributed by atoms with van der Waals surface area (Å²) >= 11 is 5.69. The number of benzene rings is 1. The Kier molecular flexibility index (Phi) is 5.76. The van der Waals surface area contributed by atoms with Gasteiger partial charge in [0.25, 0.3) is 0 Å². The standard InChI is InChI=1S/C14H19ClFNO2/c1-3-14(4-2,13(18)19)9-17-8-10-6-5-7-11(15)12(10)16/h5-7,17H,3-4,8-9H2,1-2H3,(H,18,19). The summed E-state index contributed by atoms with van der Waals surface area (Å²) in [5.41, 5.74) is -0.353. The molecule has 0 bridgehead atoms. The second-order valence-corrected chi connectivity index (χ2v) is 5.02. The molecule has 0 aliphatic carbocycles. The van der Waals surface area contributed by atoms with E-state index in [0.717, 1.165) is 0 Å². The maximum absolute atomic E-state index is 13.7. The van der Waals surface area contributed by atoms with Crippen LogP contribution >= 0.6 is 11.6 Å². The Morgan fingerprint density at radius 1 is 1.42 bits per heavy atom. The van der Waals surface area contributed by atoms with Crippen LogP contribution in [0.2, 0.25) is 5.02 Å². The Morgan fingerprint density at radius 2 is 2.05 bits per heavy atom. The van der Waals surface area contributed by atoms with Gasteiger partial charge in [-0.1, -0.05) is 37.6 Å². The molecular formula is C14H19ClFNO2. The lowest BCUT2D eigenvalue weighted by atomic mass is 9.82. The summed E-state index contributed by atoms with van der Waals surface area (Å²) in [5.74, 6) is -1.28. The fraction of sp³-hybridized carbons (Fsp3) is 0.500. The summed E-state index contributed by atoms with van der Waals surface area (Å²) in [5, 5.41) is 12.4. The predicted octanol–water partition coefficient (Wildman–Crippen LogP) is 3.46. The second kappa shape index (κ2) is 6.87. The summed E-state index contributed by atoms with van der Waals surface area (Å²) < 4.78 is 13.7. The quantitative estimate of drug-likeness (QED) is 0.807. The zero-order valence-corrected chi connectivity index (χ0v) is 11.9. The smallest absolute Gasteiger partial charge is 0.310 e. The first-order valence-corrected chi connectivity index (χ1v) is 6.71. The molecule has 0 saturated heterocycles. The monoisotopic (exact) mass is 287 g/mol. The Morgan fingerprint density at radius 3 is 2.58 bits per heavy atom. The summed E-state index contributed by atoms with van der Waals surface area (Å²) in [7, 11) is 0. The van der Waals surface area contributed by atoms with Crippen molar-refractivity contribution in [1.82, 2.24) is 5.32 Å². The van der Waals surface area contributed by atoms with Crippen molar-refractivity contribution in [2.75, 3.05) is 6.54 Å². The van der Waals surface area contributed by atoms with E-state index < -0.39 is 17.2 Å². The third kappa shape index (κ3) is 3.67. The molecule has 0 atom stereocenters. The van der Waals surface area contributed by atoms with Crippen molar-refractivity contribution in [2.45, 2.75) is 33.2 Å². The summed E-state index contributed by atoms with van der Waals surface area (Å²) in [6.07, 6.45) is 1.06. The number of rotatable bonds is 7. The van der Waals surface area contributed by atoms with Crippen LogP contribution in [0.4, 0.5) is 4.39 Å². The molecule has 1 rings (SSSR count). The lowest BCUT2D eigenvalue weighted by molar-refractivity contribution is -0.149. The van der Waals surface area contributed by atoms with Crippen LogP contribution in [0.3, 0.4) is 0 Å². The van der Waals surface area contributed by atoms with E-state index in [2.05, 4.69) is 5.32 Å². The normalized spacial score (nSPS) is 11.6. The van der Waals surface area contributed by atoms with Gasteiger partial charge in [0.2, 0.25) is 0 Å². The Balaban J connectivity index is 2.67. The maximum atomic E-state index is 13.7. The molecular weight excluding hydrogens is 269 g/mol. The van der Waals surface area contributed by atoms with Crippen molar-refractivity contribution in [3.05, 3.63) is 34.6 Å². The minimum Gasteiger partial charge on any atom is -0.481 e. The van der Waals surface area contributed by atoms with Crippen molar-refractivity contribution in [2.24, 2.45) is 5.41 Å². The van der Waals surface area contributed by atoms with Gasteiger partial charge >= 0.3 is 5.97 Å². The number of halogens is 2. The average Bonchev–Trinajstić information content (AvgIpc) is 2.39. The molecule has 3 nitrogen and oxygen atoms in total. The van der Waals surface area contributed by atoms with Gasteiger partial charge in [0, 0.05) is 18.7 Å². The van der Waals surface area contributed by atoms with E-state index in [1.165, 1.54) is 6.07 Å². The Hall–Kier alpha value is -1.13. The van der Waals surface area contributed by atoms with Gasteiger partial charge in [0.15, 0.2) is 0 Å². The molecule has 0 saturated carbocycles. The molecule has 0 aromatic heterocycles. The van der Waals surface area contributed by atoms with E-state index in [-0.39, 0.29) is 11.6 Å². The van der Waals surface area contributed by atoms with Gasteiger partial charge in [-0.25, -0.2) is 4.39 Å². The summed E-state index contributed by atoms with van der Waals surface area (Å²) in [6, 6.07) is 4.79. The van der Waals surface area contributed by atoms with Crippen molar-refractivity contribution < 1.29 is 14.3 Å². The molecule has 2 N–H and O–H groups in total. The minimum absolute atomic E-state index is 0.0785. The molecule has 1 aromatic carbocycles.